The molecule has 11 heteroatoms. The fourth-order valence-corrected chi connectivity index (χ4v) is 5.66. The molecule has 1 aliphatic heterocycles. The monoisotopic (exact) mass is 474 g/mol. The van der Waals surface area contributed by atoms with E-state index in [1.165, 1.54) is 31.4 Å². The lowest BCUT2D eigenvalue weighted by atomic mass is 10.1. The first-order valence-corrected chi connectivity index (χ1v) is 12.8. The van der Waals surface area contributed by atoms with Gasteiger partial charge < -0.3 is 10.6 Å². The number of nitrogens with one attached hydrogen (secondary N) is 3. The molecule has 0 saturated heterocycles. The highest BCUT2D eigenvalue weighted by Crippen LogP contribution is 2.39. The number of nitrogens with zero attached hydrogens (tertiary/aromatic N) is 3. The zero-order chi connectivity index (χ0) is 22.7. The number of amidine groups is 1. The first-order chi connectivity index (χ1) is 15.3. The molecule has 0 spiro atoms. The topological polar surface area (TPSA) is 125 Å². The van der Waals surface area contributed by atoms with Crippen molar-refractivity contribution >= 4 is 38.9 Å². The van der Waals surface area contributed by atoms with E-state index in [1.807, 2.05) is 6.92 Å². The molecule has 1 amide bonds. The average molecular weight is 475 g/mol. The van der Waals surface area contributed by atoms with Crippen LogP contribution < -0.4 is 15.4 Å². The van der Waals surface area contributed by atoms with Crippen LogP contribution in [0.5, 0.6) is 0 Å². The number of carbonyl (C=O) groups excluding carboxylic acids is 1. The first-order valence-electron chi connectivity index (χ1n) is 10.5. The second kappa shape index (κ2) is 9.47. The van der Waals surface area contributed by atoms with Gasteiger partial charge in [0.25, 0.3) is 0 Å². The maximum absolute atomic E-state index is 12.5. The summed E-state index contributed by atoms with van der Waals surface area (Å²) in [4.78, 5) is 25.1. The van der Waals surface area contributed by atoms with Gasteiger partial charge in [0.15, 0.2) is 5.82 Å². The largest absolute Gasteiger partial charge is 0.355 e. The average Bonchev–Trinajstić information content (AvgIpc) is 3.49. The lowest BCUT2D eigenvalue weighted by molar-refractivity contribution is -0.118. The Morgan fingerprint density at radius 2 is 2.06 bits per heavy atom. The SMILES string of the molecule is CC(=O)NCCNS(=O)(=O)c1ccc(-c2ncc(C)c(NC3=NCCC(C4CC4)=C3)n2)s1. The molecule has 32 heavy (non-hydrogen) atoms. The molecular weight excluding hydrogens is 448 g/mol. The number of hydrogen-bond donors (Lipinski definition) is 3. The number of aromatic nitrogens is 2. The van der Waals surface area contributed by atoms with Crippen LogP contribution in [0, 0.1) is 12.8 Å². The number of carbonyl (C=O) groups is 1. The summed E-state index contributed by atoms with van der Waals surface area (Å²) in [5, 5.41) is 5.87. The molecule has 3 N–H and O–H groups in total. The van der Waals surface area contributed by atoms with Crippen LogP contribution >= 0.6 is 11.3 Å². The van der Waals surface area contributed by atoms with E-state index in [4.69, 9.17) is 0 Å². The zero-order valence-electron chi connectivity index (χ0n) is 18.0. The quantitative estimate of drug-likeness (QED) is 0.505. The molecule has 0 bridgehead atoms. The van der Waals surface area contributed by atoms with E-state index < -0.39 is 10.0 Å². The summed E-state index contributed by atoms with van der Waals surface area (Å²) in [5.74, 6) is 2.42. The van der Waals surface area contributed by atoms with Crippen molar-refractivity contribution in [2.75, 3.05) is 25.0 Å². The summed E-state index contributed by atoms with van der Waals surface area (Å²) in [6.07, 6.45) is 7.40. The van der Waals surface area contributed by atoms with Gasteiger partial charge in [-0.05, 0) is 50.3 Å². The van der Waals surface area contributed by atoms with Crippen molar-refractivity contribution < 1.29 is 13.2 Å². The predicted molar refractivity (Wildman–Crippen MR) is 125 cm³/mol. The van der Waals surface area contributed by atoms with Gasteiger partial charge in [0, 0.05) is 38.3 Å². The smallest absolute Gasteiger partial charge is 0.250 e. The molecule has 2 aromatic rings. The summed E-state index contributed by atoms with van der Waals surface area (Å²) in [7, 11) is -3.68. The molecule has 4 rings (SSSR count). The number of sulfonamides is 1. The van der Waals surface area contributed by atoms with Gasteiger partial charge in [0.1, 0.15) is 15.9 Å². The van der Waals surface area contributed by atoms with Crippen LogP contribution in [0.25, 0.3) is 10.7 Å². The van der Waals surface area contributed by atoms with Gasteiger partial charge >= 0.3 is 0 Å². The molecule has 0 aromatic carbocycles. The van der Waals surface area contributed by atoms with Crippen LogP contribution in [0.15, 0.2) is 39.2 Å². The summed E-state index contributed by atoms with van der Waals surface area (Å²) >= 11 is 1.10. The third-order valence-electron chi connectivity index (χ3n) is 5.18. The van der Waals surface area contributed by atoms with Gasteiger partial charge in [0.2, 0.25) is 15.9 Å². The van der Waals surface area contributed by atoms with Gasteiger partial charge in [-0.15, -0.1) is 11.3 Å². The molecule has 1 saturated carbocycles. The van der Waals surface area contributed by atoms with Crippen molar-refractivity contribution in [3.05, 3.63) is 35.5 Å². The van der Waals surface area contributed by atoms with Crippen LogP contribution in [0.4, 0.5) is 5.82 Å². The molecule has 2 aromatic heterocycles. The molecular formula is C21H26N6O3S2. The number of aryl methyl sites for hydroxylation is 1. The van der Waals surface area contributed by atoms with Gasteiger partial charge in [0.05, 0.1) is 4.88 Å². The Bertz CT molecular complexity index is 1180. The lowest BCUT2D eigenvalue weighted by Gasteiger charge is -2.15. The normalized spacial score (nSPS) is 16.3. The third kappa shape index (κ3) is 5.59. The maximum atomic E-state index is 12.5. The number of anilines is 1. The minimum absolute atomic E-state index is 0.114. The van der Waals surface area contributed by atoms with Gasteiger partial charge in [-0.1, -0.05) is 5.57 Å². The van der Waals surface area contributed by atoms with Gasteiger partial charge in [-0.25, -0.2) is 23.1 Å². The molecule has 9 nitrogen and oxygen atoms in total. The molecule has 0 radical (unpaired) electrons. The van der Waals surface area contributed by atoms with Gasteiger partial charge in [-0.2, -0.15) is 0 Å². The minimum atomic E-state index is -3.68. The Balaban J connectivity index is 1.47. The number of amides is 1. The Morgan fingerprint density at radius 3 is 2.81 bits per heavy atom. The van der Waals surface area contributed by atoms with E-state index >= 15 is 0 Å². The van der Waals surface area contributed by atoms with Crippen molar-refractivity contribution in [2.24, 2.45) is 10.9 Å². The van der Waals surface area contributed by atoms with Crippen LogP contribution in [0.1, 0.15) is 31.7 Å². The van der Waals surface area contributed by atoms with Crippen molar-refractivity contribution in [1.29, 1.82) is 0 Å². The number of dihydropyridines is 1. The Morgan fingerprint density at radius 1 is 1.25 bits per heavy atom. The molecule has 3 heterocycles. The standard InChI is InChI=1S/C21H26N6O3S2/c1-13-12-24-21(27-20(13)26-18-11-16(7-8-23-18)15-3-4-15)17-5-6-19(31-17)32(29,30)25-10-9-22-14(2)28/h5-6,11-12,15,25H,3-4,7-10H2,1-2H3,(H,22,28)(H,23,24,26,27). The van der Waals surface area contributed by atoms with E-state index in [1.54, 1.807) is 12.3 Å². The van der Waals surface area contributed by atoms with Crippen molar-refractivity contribution in [1.82, 2.24) is 20.0 Å². The maximum Gasteiger partial charge on any atom is 0.250 e. The fourth-order valence-electron chi connectivity index (χ4n) is 3.34. The van der Waals surface area contributed by atoms with E-state index in [9.17, 15) is 13.2 Å². The first kappa shape index (κ1) is 22.6. The molecule has 170 valence electrons. The van der Waals surface area contributed by atoms with Crippen molar-refractivity contribution in [2.45, 2.75) is 37.3 Å². The fraction of sp³-hybridized carbons (Fsp3) is 0.429. The van der Waals surface area contributed by atoms with Crippen LogP contribution in [0.2, 0.25) is 0 Å². The third-order valence-corrected chi connectivity index (χ3v) is 8.22. The van der Waals surface area contributed by atoms with Crippen LogP contribution in [-0.4, -0.2) is 49.8 Å². The Labute approximate surface area is 191 Å². The minimum Gasteiger partial charge on any atom is -0.355 e. The molecule has 0 unspecified atom stereocenters. The Kier molecular flexibility index (Phi) is 6.68. The highest BCUT2D eigenvalue weighted by molar-refractivity contribution is 7.91. The second-order valence-electron chi connectivity index (χ2n) is 7.86. The summed E-state index contributed by atoms with van der Waals surface area (Å²) < 4.78 is 27.7. The van der Waals surface area contributed by atoms with Crippen LogP contribution in [-0.2, 0) is 14.8 Å². The lowest BCUT2D eigenvalue weighted by Crippen LogP contribution is -2.33. The Hall–Kier alpha value is -2.63. The second-order valence-corrected chi connectivity index (χ2v) is 10.9. The van der Waals surface area contributed by atoms with E-state index in [0.717, 1.165) is 35.7 Å². The van der Waals surface area contributed by atoms with Crippen LogP contribution in [0.3, 0.4) is 0 Å². The molecule has 0 atom stereocenters. The van der Waals surface area contributed by atoms with E-state index in [0.29, 0.717) is 22.4 Å². The predicted octanol–water partition coefficient (Wildman–Crippen LogP) is 2.48. The summed E-state index contributed by atoms with van der Waals surface area (Å²) in [6.45, 7) is 4.42. The number of hydrogen-bond acceptors (Lipinski definition) is 8. The molecule has 1 fully saturated rings. The molecule has 2 aliphatic rings. The zero-order valence-corrected chi connectivity index (χ0v) is 19.6. The van der Waals surface area contributed by atoms with E-state index in [2.05, 4.69) is 36.4 Å². The summed E-state index contributed by atoms with van der Waals surface area (Å²) in [5.41, 5.74) is 2.33. The number of thiophene rings is 1. The number of aliphatic imine (C=N–C) groups is 1. The highest BCUT2D eigenvalue weighted by atomic mass is 32.2. The molecule has 1 aliphatic carbocycles. The highest BCUT2D eigenvalue weighted by Gasteiger charge is 2.27. The van der Waals surface area contributed by atoms with Crippen molar-refractivity contribution in [3.63, 3.8) is 0 Å². The van der Waals surface area contributed by atoms with Gasteiger partial charge in [-0.3, -0.25) is 9.79 Å². The number of rotatable bonds is 8. The van der Waals surface area contributed by atoms with Crippen molar-refractivity contribution in [3.8, 4) is 10.7 Å². The summed E-state index contributed by atoms with van der Waals surface area (Å²) in [6, 6.07) is 3.23. The van der Waals surface area contributed by atoms with E-state index in [-0.39, 0.29) is 23.2 Å².